The summed E-state index contributed by atoms with van der Waals surface area (Å²) in [6.07, 6.45) is -4.56. The van der Waals surface area contributed by atoms with E-state index in [9.17, 15) is 13.2 Å². The minimum absolute atomic E-state index is 0.140. The third kappa shape index (κ3) is 2.51. The summed E-state index contributed by atoms with van der Waals surface area (Å²) in [4.78, 5) is 0. The Bertz CT molecular complexity index is 422. The van der Waals surface area contributed by atoms with E-state index in [0.717, 1.165) is 0 Å². The van der Waals surface area contributed by atoms with Gasteiger partial charge in [-0.3, -0.25) is 0 Å². The van der Waals surface area contributed by atoms with Crippen molar-refractivity contribution >= 4 is 29.0 Å². The summed E-state index contributed by atoms with van der Waals surface area (Å²) in [7, 11) is 0. The Hall–Kier alpha value is -1.14. The van der Waals surface area contributed by atoms with Gasteiger partial charge in [-0.15, -0.1) is 0 Å². The first-order valence-electron chi connectivity index (χ1n) is 3.81. The van der Waals surface area contributed by atoms with E-state index in [0.29, 0.717) is 12.1 Å². The van der Waals surface area contributed by atoms with Crippen molar-refractivity contribution in [2.24, 2.45) is 10.9 Å². The molecule has 0 unspecified atom stereocenters. The Kier molecular flexibility index (Phi) is 3.54. The number of halogens is 5. The lowest BCUT2D eigenvalue weighted by atomic mass is 10.1. The molecular formula is C8H5Cl2F3N2O. The van der Waals surface area contributed by atoms with Crippen LogP contribution in [0.4, 0.5) is 13.2 Å². The van der Waals surface area contributed by atoms with E-state index in [1.807, 2.05) is 0 Å². The molecule has 3 N–H and O–H groups in total. The predicted molar refractivity (Wildman–Crippen MR) is 54.0 cm³/mol. The molecule has 16 heavy (non-hydrogen) atoms. The standard InChI is InChI=1S/C8H5Cl2F3N2O/c9-4-1-3(8(11,12)13)2-5(10)6(4)7(14)15-16/h1-2,16H,(H2,14,15). The van der Waals surface area contributed by atoms with Crippen LogP contribution in [-0.4, -0.2) is 11.0 Å². The zero-order valence-corrected chi connectivity index (χ0v) is 9.03. The van der Waals surface area contributed by atoms with Crippen LogP contribution in [-0.2, 0) is 6.18 Å². The highest BCUT2D eigenvalue weighted by molar-refractivity contribution is 6.40. The van der Waals surface area contributed by atoms with Crippen LogP contribution in [0, 0.1) is 0 Å². The monoisotopic (exact) mass is 272 g/mol. The van der Waals surface area contributed by atoms with E-state index in [-0.39, 0.29) is 15.6 Å². The van der Waals surface area contributed by atoms with E-state index in [1.165, 1.54) is 0 Å². The molecule has 1 rings (SSSR count). The number of nitrogens with zero attached hydrogens (tertiary/aromatic N) is 1. The fourth-order valence-electron chi connectivity index (χ4n) is 1.03. The molecule has 1 aromatic carbocycles. The van der Waals surface area contributed by atoms with Gasteiger partial charge in [0.25, 0.3) is 0 Å². The quantitative estimate of drug-likeness (QED) is 0.357. The van der Waals surface area contributed by atoms with E-state index in [2.05, 4.69) is 5.16 Å². The first-order chi connectivity index (χ1) is 7.27. The minimum Gasteiger partial charge on any atom is -0.409 e. The van der Waals surface area contributed by atoms with Crippen LogP contribution in [0.5, 0.6) is 0 Å². The number of hydrogen-bond donors (Lipinski definition) is 2. The van der Waals surface area contributed by atoms with Gasteiger partial charge in [-0.1, -0.05) is 28.4 Å². The molecule has 0 aromatic heterocycles. The van der Waals surface area contributed by atoms with Crippen LogP contribution in [0.15, 0.2) is 17.3 Å². The molecule has 0 heterocycles. The van der Waals surface area contributed by atoms with Crippen LogP contribution >= 0.6 is 23.2 Å². The van der Waals surface area contributed by atoms with Gasteiger partial charge >= 0.3 is 6.18 Å². The summed E-state index contributed by atoms with van der Waals surface area (Å²) < 4.78 is 37.0. The fraction of sp³-hybridized carbons (Fsp3) is 0.125. The van der Waals surface area contributed by atoms with Gasteiger partial charge in [0.15, 0.2) is 5.84 Å². The maximum absolute atomic E-state index is 12.3. The molecule has 0 aliphatic rings. The van der Waals surface area contributed by atoms with Crippen molar-refractivity contribution in [1.82, 2.24) is 0 Å². The Balaban J connectivity index is 3.40. The van der Waals surface area contributed by atoms with E-state index in [1.54, 1.807) is 0 Å². The third-order valence-electron chi connectivity index (χ3n) is 1.73. The van der Waals surface area contributed by atoms with Gasteiger partial charge in [0.05, 0.1) is 21.2 Å². The lowest BCUT2D eigenvalue weighted by Crippen LogP contribution is -2.15. The lowest BCUT2D eigenvalue weighted by molar-refractivity contribution is -0.137. The van der Waals surface area contributed by atoms with Crippen molar-refractivity contribution in [1.29, 1.82) is 0 Å². The number of rotatable bonds is 1. The molecule has 0 radical (unpaired) electrons. The van der Waals surface area contributed by atoms with Crippen LogP contribution in [0.1, 0.15) is 11.1 Å². The number of alkyl halides is 3. The van der Waals surface area contributed by atoms with E-state index < -0.39 is 17.6 Å². The molecule has 0 saturated heterocycles. The summed E-state index contributed by atoms with van der Waals surface area (Å²) in [5.41, 5.74) is 4.06. The van der Waals surface area contributed by atoms with Crippen LogP contribution in [0.25, 0.3) is 0 Å². The largest absolute Gasteiger partial charge is 0.416 e. The molecule has 0 spiro atoms. The smallest absolute Gasteiger partial charge is 0.409 e. The first kappa shape index (κ1) is 12.9. The maximum Gasteiger partial charge on any atom is 0.416 e. The van der Waals surface area contributed by atoms with Crippen LogP contribution < -0.4 is 5.73 Å². The van der Waals surface area contributed by atoms with Gasteiger partial charge in [-0.05, 0) is 12.1 Å². The Labute approximate surface area is 98.2 Å². The maximum atomic E-state index is 12.3. The number of amidine groups is 1. The second kappa shape index (κ2) is 4.39. The Morgan fingerprint density at radius 1 is 1.25 bits per heavy atom. The summed E-state index contributed by atoms with van der Waals surface area (Å²) in [5.74, 6) is -0.455. The number of benzene rings is 1. The van der Waals surface area contributed by atoms with Crippen molar-refractivity contribution in [3.63, 3.8) is 0 Å². The SMILES string of the molecule is N/C(=N/O)c1c(Cl)cc(C(F)(F)F)cc1Cl. The molecule has 88 valence electrons. The topological polar surface area (TPSA) is 58.6 Å². The molecule has 0 amide bonds. The Morgan fingerprint density at radius 2 is 1.69 bits per heavy atom. The van der Waals surface area contributed by atoms with Crippen LogP contribution in [0.3, 0.4) is 0 Å². The van der Waals surface area contributed by atoms with Crippen molar-refractivity contribution in [3.05, 3.63) is 33.3 Å². The van der Waals surface area contributed by atoms with Gasteiger partial charge < -0.3 is 10.9 Å². The van der Waals surface area contributed by atoms with Gasteiger partial charge in [-0.2, -0.15) is 13.2 Å². The third-order valence-corrected chi connectivity index (χ3v) is 2.33. The average Bonchev–Trinajstić information content (AvgIpc) is 2.14. The second-order valence-corrected chi connectivity index (χ2v) is 3.61. The first-order valence-corrected chi connectivity index (χ1v) is 4.57. The van der Waals surface area contributed by atoms with Crippen LogP contribution in [0.2, 0.25) is 10.0 Å². The van der Waals surface area contributed by atoms with Gasteiger partial charge in [0.2, 0.25) is 0 Å². The molecular weight excluding hydrogens is 268 g/mol. The molecule has 0 bridgehead atoms. The van der Waals surface area contributed by atoms with E-state index in [4.69, 9.17) is 34.1 Å². The highest BCUT2D eigenvalue weighted by atomic mass is 35.5. The summed E-state index contributed by atoms with van der Waals surface area (Å²) >= 11 is 11.1. The molecule has 3 nitrogen and oxygen atoms in total. The zero-order valence-electron chi connectivity index (χ0n) is 7.52. The number of nitrogens with two attached hydrogens (primary N) is 1. The molecule has 8 heteroatoms. The van der Waals surface area contributed by atoms with E-state index >= 15 is 0 Å². The molecule has 0 aliphatic carbocycles. The minimum atomic E-state index is -4.56. The predicted octanol–water partition coefficient (Wildman–Crippen LogP) is 3.11. The molecule has 0 aliphatic heterocycles. The number of oxime groups is 1. The van der Waals surface area contributed by atoms with Crippen molar-refractivity contribution in [3.8, 4) is 0 Å². The highest BCUT2D eigenvalue weighted by Gasteiger charge is 2.32. The Morgan fingerprint density at radius 3 is 2.00 bits per heavy atom. The van der Waals surface area contributed by atoms with Crippen molar-refractivity contribution < 1.29 is 18.4 Å². The van der Waals surface area contributed by atoms with Gasteiger partial charge in [0.1, 0.15) is 0 Å². The second-order valence-electron chi connectivity index (χ2n) is 2.80. The van der Waals surface area contributed by atoms with Gasteiger partial charge in [-0.25, -0.2) is 0 Å². The summed E-state index contributed by atoms with van der Waals surface area (Å²) in [6.45, 7) is 0. The van der Waals surface area contributed by atoms with Crippen molar-refractivity contribution in [2.75, 3.05) is 0 Å². The normalized spacial score (nSPS) is 12.9. The van der Waals surface area contributed by atoms with Gasteiger partial charge in [0, 0.05) is 0 Å². The molecule has 1 aromatic rings. The molecule has 0 fully saturated rings. The number of hydrogen-bond acceptors (Lipinski definition) is 2. The fourth-order valence-corrected chi connectivity index (χ4v) is 1.71. The van der Waals surface area contributed by atoms with Crippen molar-refractivity contribution in [2.45, 2.75) is 6.18 Å². The zero-order chi connectivity index (χ0) is 12.5. The lowest BCUT2D eigenvalue weighted by Gasteiger charge is -2.11. The summed E-state index contributed by atoms with van der Waals surface area (Å²) in [6, 6.07) is 1.31. The summed E-state index contributed by atoms with van der Waals surface area (Å²) in [5, 5.41) is 10.3. The average molecular weight is 273 g/mol. The molecule has 0 saturated carbocycles. The highest BCUT2D eigenvalue weighted by Crippen LogP contribution is 2.35. The molecule has 0 atom stereocenters.